The second-order valence-corrected chi connectivity index (χ2v) is 4.38. The van der Waals surface area contributed by atoms with E-state index in [1.54, 1.807) is 6.92 Å². The lowest BCUT2D eigenvalue weighted by Gasteiger charge is -2.49. The highest BCUT2D eigenvalue weighted by Crippen LogP contribution is 2.61. The predicted octanol–water partition coefficient (Wildman–Crippen LogP) is 2.99. The molecule has 110 valence electrons. The summed E-state index contributed by atoms with van der Waals surface area (Å²) in [6, 6.07) is 5.34. The molecule has 0 radical (unpaired) electrons. The lowest BCUT2D eigenvalue weighted by Crippen LogP contribution is -2.69. The van der Waals surface area contributed by atoms with Crippen molar-refractivity contribution in [1.29, 1.82) is 0 Å². The van der Waals surface area contributed by atoms with Gasteiger partial charge in [-0.2, -0.15) is 17.6 Å². The number of carbonyl (C=O) groups excluding carboxylic acids is 1. The Morgan fingerprint density at radius 3 is 2.25 bits per heavy atom. The summed E-state index contributed by atoms with van der Waals surface area (Å²) in [6.45, 7) is 1.91. The van der Waals surface area contributed by atoms with Crippen LogP contribution in [0.25, 0.3) is 0 Å². The van der Waals surface area contributed by atoms with E-state index in [-0.39, 0.29) is 12.0 Å². The first-order valence-electron chi connectivity index (χ1n) is 5.93. The Labute approximate surface area is 112 Å². The van der Waals surface area contributed by atoms with Gasteiger partial charge < -0.3 is 9.47 Å². The highest BCUT2D eigenvalue weighted by molar-refractivity contribution is 5.42. The molecule has 1 aromatic carbocycles. The molecule has 1 aliphatic rings. The fourth-order valence-corrected chi connectivity index (χ4v) is 2.25. The van der Waals surface area contributed by atoms with Crippen molar-refractivity contribution in [3.8, 4) is 5.75 Å². The van der Waals surface area contributed by atoms with Crippen LogP contribution in [0.4, 0.5) is 17.6 Å². The minimum absolute atomic E-state index is 0.0313. The minimum atomic E-state index is -4.36. The molecule has 0 spiro atoms. The average molecular weight is 292 g/mol. The van der Waals surface area contributed by atoms with Crippen molar-refractivity contribution in [2.45, 2.75) is 30.8 Å². The van der Waals surface area contributed by atoms with Gasteiger partial charge in [-0.3, -0.25) is 4.79 Å². The zero-order chi connectivity index (χ0) is 15.0. The van der Waals surface area contributed by atoms with Gasteiger partial charge in [-0.15, -0.1) is 0 Å². The molecule has 0 aliphatic heterocycles. The fraction of sp³-hybridized carbons (Fsp3) is 0.462. The molecule has 1 saturated carbocycles. The van der Waals surface area contributed by atoms with Crippen molar-refractivity contribution in [3.63, 3.8) is 0 Å². The number of hydrogen-bond acceptors (Lipinski definition) is 3. The topological polar surface area (TPSA) is 35.5 Å². The lowest BCUT2D eigenvalue weighted by molar-refractivity contribution is -0.346. The van der Waals surface area contributed by atoms with Gasteiger partial charge in [0.2, 0.25) is 0 Å². The van der Waals surface area contributed by atoms with E-state index in [1.807, 2.05) is 0 Å². The van der Waals surface area contributed by atoms with E-state index in [4.69, 9.17) is 4.74 Å². The second kappa shape index (κ2) is 4.96. The highest BCUT2D eigenvalue weighted by Gasteiger charge is 2.80. The van der Waals surface area contributed by atoms with Gasteiger partial charge in [0.15, 0.2) is 6.10 Å². The zero-order valence-electron chi connectivity index (χ0n) is 10.5. The van der Waals surface area contributed by atoms with Crippen LogP contribution in [0.2, 0.25) is 0 Å². The Hall–Kier alpha value is -1.79. The van der Waals surface area contributed by atoms with Crippen LogP contribution in [0, 0.1) is 0 Å². The monoisotopic (exact) mass is 292 g/mol. The van der Waals surface area contributed by atoms with Crippen molar-refractivity contribution < 1.29 is 31.8 Å². The number of rotatable bonds is 5. The van der Waals surface area contributed by atoms with Gasteiger partial charge in [0.25, 0.3) is 6.47 Å². The Bertz CT molecular complexity index is 487. The molecule has 2 rings (SSSR count). The third-order valence-corrected chi connectivity index (χ3v) is 3.25. The molecule has 1 aromatic rings. The van der Waals surface area contributed by atoms with Gasteiger partial charge in [-0.1, -0.05) is 12.1 Å². The van der Waals surface area contributed by atoms with E-state index in [2.05, 4.69) is 4.74 Å². The predicted molar refractivity (Wildman–Crippen MR) is 61.2 cm³/mol. The molecule has 20 heavy (non-hydrogen) atoms. The van der Waals surface area contributed by atoms with Crippen LogP contribution in [-0.4, -0.2) is 31.0 Å². The number of halogens is 4. The van der Waals surface area contributed by atoms with E-state index in [9.17, 15) is 22.4 Å². The van der Waals surface area contributed by atoms with Crippen molar-refractivity contribution in [1.82, 2.24) is 0 Å². The van der Waals surface area contributed by atoms with Crippen LogP contribution >= 0.6 is 0 Å². The van der Waals surface area contributed by atoms with Gasteiger partial charge >= 0.3 is 11.8 Å². The summed E-state index contributed by atoms with van der Waals surface area (Å²) in [7, 11) is 0. The van der Waals surface area contributed by atoms with Crippen molar-refractivity contribution in [3.05, 3.63) is 29.8 Å². The first-order valence-corrected chi connectivity index (χ1v) is 5.93. The van der Waals surface area contributed by atoms with E-state index in [0.717, 1.165) is 0 Å². The van der Waals surface area contributed by atoms with Crippen LogP contribution in [0.5, 0.6) is 5.75 Å². The third kappa shape index (κ3) is 2.01. The lowest BCUT2D eigenvalue weighted by atomic mass is 9.69. The largest absolute Gasteiger partial charge is 0.494 e. The minimum Gasteiger partial charge on any atom is -0.494 e. The fourth-order valence-electron chi connectivity index (χ4n) is 2.25. The number of hydrogen-bond donors (Lipinski definition) is 0. The number of benzene rings is 1. The molecule has 3 nitrogen and oxygen atoms in total. The Balaban J connectivity index is 2.27. The molecule has 0 heterocycles. The number of alkyl halides is 4. The molecule has 1 aliphatic carbocycles. The van der Waals surface area contributed by atoms with E-state index < -0.39 is 23.9 Å². The van der Waals surface area contributed by atoms with Gasteiger partial charge in [0.05, 0.1) is 12.5 Å². The number of carbonyl (C=O) groups is 1. The Morgan fingerprint density at radius 2 is 1.75 bits per heavy atom. The van der Waals surface area contributed by atoms with Crippen LogP contribution in [0.15, 0.2) is 24.3 Å². The molecule has 0 amide bonds. The van der Waals surface area contributed by atoms with Crippen molar-refractivity contribution in [2.75, 3.05) is 6.61 Å². The first kappa shape index (κ1) is 14.6. The summed E-state index contributed by atoms with van der Waals surface area (Å²) >= 11 is 0. The van der Waals surface area contributed by atoms with Crippen LogP contribution in [0.1, 0.15) is 18.4 Å². The van der Waals surface area contributed by atoms with E-state index in [0.29, 0.717) is 12.4 Å². The van der Waals surface area contributed by atoms with Crippen molar-refractivity contribution >= 4 is 6.47 Å². The standard InChI is InChI=1S/C13H12F4O3/c1-2-19-9-5-3-8(4-6-9)10-11(20-7-18)13(16,17)12(10,14)15/h3-7,10-11H,2H2,1H3. The highest BCUT2D eigenvalue weighted by atomic mass is 19.3. The van der Waals surface area contributed by atoms with Gasteiger partial charge in [-0.25, -0.2) is 0 Å². The van der Waals surface area contributed by atoms with E-state index in [1.165, 1.54) is 24.3 Å². The van der Waals surface area contributed by atoms with Crippen LogP contribution in [-0.2, 0) is 9.53 Å². The molecular formula is C13H12F4O3. The molecule has 0 N–H and O–H groups in total. The average Bonchev–Trinajstić information content (AvgIpc) is 2.40. The second-order valence-electron chi connectivity index (χ2n) is 4.38. The molecule has 0 aromatic heterocycles. The third-order valence-electron chi connectivity index (χ3n) is 3.25. The van der Waals surface area contributed by atoms with Crippen LogP contribution in [0.3, 0.4) is 0 Å². The summed E-state index contributed by atoms with van der Waals surface area (Å²) in [4.78, 5) is 10.2. The first-order chi connectivity index (χ1) is 9.36. The maximum atomic E-state index is 13.5. The summed E-state index contributed by atoms with van der Waals surface area (Å²) in [5, 5.41) is 0. The van der Waals surface area contributed by atoms with E-state index >= 15 is 0 Å². The molecule has 0 bridgehead atoms. The zero-order valence-corrected chi connectivity index (χ0v) is 10.5. The quantitative estimate of drug-likeness (QED) is 0.618. The maximum Gasteiger partial charge on any atom is 0.347 e. The molecular weight excluding hydrogens is 280 g/mol. The molecule has 2 atom stereocenters. The van der Waals surface area contributed by atoms with Crippen LogP contribution < -0.4 is 4.74 Å². The van der Waals surface area contributed by atoms with Gasteiger partial charge in [-0.05, 0) is 24.6 Å². The molecule has 2 unspecified atom stereocenters. The van der Waals surface area contributed by atoms with Gasteiger partial charge in [0, 0.05) is 0 Å². The SMILES string of the molecule is CCOc1ccc(C2C(OC=O)C(F)(F)C2(F)F)cc1. The van der Waals surface area contributed by atoms with Gasteiger partial charge in [0.1, 0.15) is 5.75 Å². The molecule has 1 fully saturated rings. The smallest absolute Gasteiger partial charge is 0.347 e. The Kier molecular flexibility index (Phi) is 3.62. The summed E-state index contributed by atoms with van der Waals surface area (Å²) in [5.74, 6) is -10.0. The molecule has 0 saturated heterocycles. The maximum absolute atomic E-state index is 13.5. The summed E-state index contributed by atoms with van der Waals surface area (Å²) in [5.41, 5.74) is -0.0313. The normalized spacial score (nSPS) is 26.4. The van der Waals surface area contributed by atoms with Crippen molar-refractivity contribution in [2.24, 2.45) is 0 Å². The summed E-state index contributed by atoms with van der Waals surface area (Å²) in [6.07, 6.45) is -2.16. The Morgan fingerprint density at radius 1 is 1.15 bits per heavy atom. The summed E-state index contributed by atoms with van der Waals surface area (Å²) < 4.78 is 62.8. The number of ether oxygens (including phenoxy) is 2. The molecule has 7 heteroatoms.